The lowest BCUT2D eigenvalue weighted by Gasteiger charge is -2.16. The van der Waals surface area contributed by atoms with E-state index in [-0.39, 0.29) is 12.0 Å². The Bertz CT molecular complexity index is 394. The first kappa shape index (κ1) is 11.1. The number of benzene rings is 1. The molecule has 1 fully saturated rings. The third kappa shape index (κ3) is 2.25. The maximum atomic E-state index is 12.1. The van der Waals surface area contributed by atoms with Crippen molar-refractivity contribution in [3.05, 3.63) is 34.9 Å². The van der Waals surface area contributed by atoms with E-state index >= 15 is 0 Å². The number of aliphatic hydroxyl groups excluding tert-OH is 1. The Hall–Kier alpha value is -1.35. The van der Waals surface area contributed by atoms with Gasteiger partial charge < -0.3 is 10.0 Å². The number of hydrogen-bond donors (Lipinski definition) is 1. The van der Waals surface area contributed by atoms with Crippen LogP contribution in [0.1, 0.15) is 27.9 Å². The molecule has 1 N–H and O–H groups in total. The number of aliphatic hydroxyl groups is 1. The van der Waals surface area contributed by atoms with Crippen molar-refractivity contribution in [2.75, 3.05) is 13.1 Å². The quantitative estimate of drug-likeness (QED) is 0.777. The fourth-order valence-corrected chi connectivity index (χ4v) is 2.21. The lowest BCUT2D eigenvalue weighted by atomic mass is 10.1. The van der Waals surface area contributed by atoms with Crippen molar-refractivity contribution in [1.82, 2.24) is 4.90 Å². The van der Waals surface area contributed by atoms with E-state index < -0.39 is 0 Å². The van der Waals surface area contributed by atoms with Crippen molar-refractivity contribution in [3.8, 4) is 0 Å². The molecule has 0 aromatic heterocycles. The average molecular weight is 219 g/mol. The molecule has 1 aromatic rings. The molecular formula is C13H17NO2. The highest BCUT2D eigenvalue weighted by molar-refractivity contribution is 5.94. The second-order valence-electron chi connectivity index (χ2n) is 4.57. The molecule has 1 heterocycles. The summed E-state index contributed by atoms with van der Waals surface area (Å²) in [4.78, 5) is 13.8. The number of likely N-dealkylation sites (tertiary alicyclic amines) is 1. The van der Waals surface area contributed by atoms with Gasteiger partial charge in [-0.25, -0.2) is 0 Å². The summed E-state index contributed by atoms with van der Waals surface area (Å²) in [6.45, 7) is 5.10. The van der Waals surface area contributed by atoms with Gasteiger partial charge in [0.1, 0.15) is 0 Å². The highest BCUT2D eigenvalue weighted by atomic mass is 16.3. The van der Waals surface area contributed by atoms with Crippen LogP contribution in [0, 0.1) is 13.8 Å². The smallest absolute Gasteiger partial charge is 0.253 e. The predicted octanol–water partition coefficient (Wildman–Crippen LogP) is 1.51. The van der Waals surface area contributed by atoms with Gasteiger partial charge in [0, 0.05) is 18.7 Å². The Labute approximate surface area is 95.7 Å². The van der Waals surface area contributed by atoms with Crippen LogP contribution in [0.3, 0.4) is 0 Å². The highest BCUT2D eigenvalue weighted by Crippen LogP contribution is 2.15. The minimum Gasteiger partial charge on any atom is -0.391 e. The topological polar surface area (TPSA) is 40.5 Å². The molecule has 86 valence electrons. The van der Waals surface area contributed by atoms with Crippen LogP contribution >= 0.6 is 0 Å². The SMILES string of the molecule is Cc1cc(C)cc(C(=O)N2CC[C@@H](O)C2)c1. The number of β-amino-alcohol motifs (C(OH)–C–C–N with tert-alkyl or cyclic N) is 1. The number of amides is 1. The molecule has 16 heavy (non-hydrogen) atoms. The predicted molar refractivity (Wildman–Crippen MR) is 62.4 cm³/mol. The number of carbonyl (C=O) groups is 1. The second kappa shape index (κ2) is 4.26. The molecule has 0 aliphatic carbocycles. The van der Waals surface area contributed by atoms with Crippen molar-refractivity contribution in [2.45, 2.75) is 26.4 Å². The van der Waals surface area contributed by atoms with Gasteiger partial charge in [0.25, 0.3) is 5.91 Å². The molecule has 1 amide bonds. The summed E-state index contributed by atoms with van der Waals surface area (Å²) in [6, 6.07) is 5.86. The van der Waals surface area contributed by atoms with E-state index in [2.05, 4.69) is 6.07 Å². The van der Waals surface area contributed by atoms with Gasteiger partial charge in [0.05, 0.1) is 6.10 Å². The van der Waals surface area contributed by atoms with Gasteiger partial charge in [-0.1, -0.05) is 17.2 Å². The van der Waals surface area contributed by atoms with Crippen molar-refractivity contribution in [3.63, 3.8) is 0 Å². The number of aryl methyl sites for hydroxylation is 2. The zero-order valence-electron chi connectivity index (χ0n) is 9.73. The molecule has 1 aromatic carbocycles. The second-order valence-corrected chi connectivity index (χ2v) is 4.57. The maximum Gasteiger partial charge on any atom is 0.253 e. The standard InChI is InChI=1S/C13H17NO2/c1-9-5-10(2)7-11(6-9)13(16)14-4-3-12(15)8-14/h5-7,12,15H,3-4,8H2,1-2H3/t12-/m1/s1. The third-order valence-corrected chi connectivity index (χ3v) is 2.92. The van der Waals surface area contributed by atoms with E-state index in [4.69, 9.17) is 0 Å². The molecule has 1 aliphatic heterocycles. The Kier molecular flexibility index (Phi) is 2.97. The first-order chi connectivity index (χ1) is 7.56. The van der Waals surface area contributed by atoms with Crippen molar-refractivity contribution >= 4 is 5.91 Å². The summed E-state index contributed by atoms with van der Waals surface area (Å²) in [5.41, 5.74) is 2.93. The van der Waals surface area contributed by atoms with E-state index in [9.17, 15) is 9.90 Å². The van der Waals surface area contributed by atoms with Gasteiger partial charge in [-0.2, -0.15) is 0 Å². The first-order valence-electron chi connectivity index (χ1n) is 5.62. The van der Waals surface area contributed by atoms with Gasteiger partial charge in [0.2, 0.25) is 0 Å². The molecule has 0 radical (unpaired) electrons. The van der Waals surface area contributed by atoms with Gasteiger partial charge in [-0.05, 0) is 32.4 Å². The molecule has 1 saturated heterocycles. The van der Waals surface area contributed by atoms with E-state index in [0.717, 1.165) is 16.7 Å². The highest BCUT2D eigenvalue weighted by Gasteiger charge is 2.25. The van der Waals surface area contributed by atoms with Gasteiger partial charge in [-0.15, -0.1) is 0 Å². The molecule has 1 atom stereocenters. The molecule has 1 aliphatic rings. The van der Waals surface area contributed by atoms with Crippen molar-refractivity contribution in [2.24, 2.45) is 0 Å². The fourth-order valence-electron chi connectivity index (χ4n) is 2.21. The Morgan fingerprint density at radius 2 is 1.94 bits per heavy atom. The molecule has 2 rings (SSSR count). The Balaban J connectivity index is 2.20. The van der Waals surface area contributed by atoms with E-state index in [0.29, 0.717) is 19.5 Å². The summed E-state index contributed by atoms with van der Waals surface area (Å²) in [5.74, 6) is 0.0309. The van der Waals surface area contributed by atoms with E-state index in [1.54, 1.807) is 4.90 Å². The third-order valence-electron chi connectivity index (χ3n) is 2.92. The van der Waals surface area contributed by atoms with Crippen LogP contribution in [-0.2, 0) is 0 Å². The lowest BCUT2D eigenvalue weighted by Crippen LogP contribution is -2.29. The first-order valence-corrected chi connectivity index (χ1v) is 5.62. The van der Waals surface area contributed by atoms with E-state index in [1.807, 2.05) is 26.0 Å². The van der Waals surface area contributed by atoms with Crippen LogP contribution in [0.15, 0.2) is 18.2 Å². The van der Waals surface area contributed by atoms with Crippen LogP contribution in [-0.4, -0.2) is 35.1 Å². The maximum absolute atomic E-state index is 12.1. The van der Waals surface area contributed by atoms with Gasteiger partial charge in [-0.3, -0.25) is 4.79 Å². The minimum absolute atomic E-state index is 0.0309. The zero-order valence-corrected chi connectivity index (χ0v) is 9.73. The molecule has 0 bridgehead atoms. The van der Waals surface area contributed by atoms with Crippen LogP contribution in [0.5, 0.6) is 0 Å². The Morgan fingerprint density at radius 3 is 2.44 bits per heavy atom. The lowest BCUT2D eigenvalue weighted by molar-refractivity contribution is 0.0765. The molecule has 3 nitrogen and oxygen atoms in total. The fraction of sp³-hybridized carbons (Fsp3) is 0.462. The normalized spacial score (nSPS) is 20.2. The number of rotatable bonds is 1. The summed E-state index contributed by atoms with van der Waals surface area (Å²) in [5, 5.41) is 9.41. The molecule has 0 spiro atoms. The monoisotopic (exact) mass is 219 g/mol. The number of carbonyl (C=O) groups excluding carboxylic acids is 1. The van der Waals surface area contributed by atoms with Crippen LogP contribution in [0.25, 0.3) is 0 Å². The van der Waals surface area contributed by atoms with Crippen molar-refractivity contribution < 1.29 is 9.90 Å². The summed E-state index contributed by atoms with van der Waals surface area (Å²) in [7, 11) is 0. The largest absolute Gasteiger partial charge is 0.391 e. The van der Waals surface area contributed by atoms with Crippen LogP contribution in [0.4, 0.5) is 0 Å². The van der Waals surface area contributed by atoms with Gasteiger partial charge in [0.15, 0.2) is 0 Å². The number of hydrogen-bond acceptors (Lipinski definition) is 2. The molecule has 0 unspecified atom stereocenters. The summed E-state index contributed by atoms with van der Waals surface area (Å²) < 4.78 is 0. The molecule has 0 saturated carbocycles. The summed E-state index contributed by atoms with van der Waals surface area (Å²) in [6.07, 6.45) is 0.339. The molecule has 3 heteroatoms. The number of nitrogens with zero attached hydrogens (tertiary/aromatic N) is 1. The van der Waals surface area contributed by atoms with E-state index in [1.165, 1.54) is 0 Å². The molecular weight excluding hydrogens is 202 g/mol. The Morgan fingerprint density at radius 1 is 1.31 bits per heavy atom. The zero-order chi connectivity index (χ0) is 11.7. The van der Waals surface area contributed by atoms with Crippen LogP contribution < -0.4 is 0 Å². The minimum atomic E-state index is -0.352. The summed E-state index contributed by atoms with van der Waals surface area (Å²) >= 11 is 0. The average Bonchev–Trinajstić information content (AvgIpc) is 2.62. The van der Waals surface area contributed by atoms with Crippen LogP contribution in [0.2, 0.25) is 0 Å². The van der Waals surface area contributed by atoms with Gasteiger partial charge >= 0.3 is 0 Å². The van der Waals surface area contributed by atoms with Crippen molar-refractivity contribution in [1.29, 1.82) is 0 Å².